The number of carbonyl (C=O) groups excluding carboxylic acids is 1. The van der Waals surface area contributed by atoms with Gasteiger partial charge < -0.3 is 14.0 Å². The van der Waals surface area contributed by atoms with E-state index in [1.165, 1.54) is 37.4 Å². The third kappa shape index (κ3) is 3.06. The molecule has 0 unspecified atom stereocenters. The van der Waals surface area contributed by atoms with E-state index >= 15 is 0 Å². The lowest BCUT2D eigenvalue weighted by molar-refractivity contribution is -0.0498. The van der Waals surface area contributed by atoms with Crippen LogP contribution in [0, 0.1) is 0 Å². The van der Waals surface area contributed by atoms with Crippen LogP contribution in [0.1, 0.15) is 10.5 Å². The van der Waals surface area contributed by atoms with Crippen molar-refractivity contribution < 1.29 is 27.6 Å². The van der Waals surface area contributed by atoms with Gasteiger partial charge in [0.05, 0.1) is 7.11 Å². The quantitative estimate of drug-likeness (QED) is 0.798. The Morgan fingerprint density at radius 1 is 1.32 bits per heavy atom. The average Bonchev–Trinajstić information content (AvgIpc) is 2.87. The fraction of sp³-hybridized carbons (Fsp3) is 0.167. The number of carbonyl (C=O) groups is 1. The van der Waals surface area contributed by atoms with E-state index in [1.54, 1.807) is 0 Å². The Balaban J connectivity index is 2.18. The highest BCUT2D eigenvalue weighted by Gasteiger charge is 2.14. The van der Waals surface area contributed by atoms with E-state index in [4.69, 9.17) is 4.52 Å². The lowest BCUT2D eigenvalue weighted by atomic mass is 10.1. The minimum atomic E-state index is -2.87. The fourth-order valence-corrected chi connectivity index (χ4v) is 1.41. The molecule has 0 N–H and O–H groups in total. The minimum absolute atomic E-state index is 0.0328. The van der Waals surface area contributed by atoms with Gasteiger partial charge in [0.25, 0.3) is 0 Å². The predicted molar refractivity (Wildman–Crippen MR) is 59.9 cm³/mol. The highest BCUT2D eigenvalue weighted by molar-refractivity contribution is 5.88. The van der Waals surface area contributed by atoms with Crippen LogP contribution in [0.4, 0.5) is 8.78 Å². The number of nitrogens with zero attached hydrogens (tertiary/aromatic N) is 1. The second kappa shape index (κ2) is 5.47. The fourth-order valence-electron chi connectivity index (χ4n) is 1.41. The molecular weight excluding hydrogens is 260 g/mol. The zero-order valence-electron chi connectivity index (χ0n) is 9.80. The van der Waals surface area contributed by atoms with Gasteiger partial charge in [-0.15, -0.1) is 0 Å². The van der Waals surface area contributed by atoms with Crippen molar-refractivity contribution in [3.05, 3.63) is 36.0 Å². The summed E-state index contributed by atoms with van der Waals surface area (Å²) in [7, 11) is 1.23. The summed E-state index contributed by atoms with van der Waals surface area (Å²) in [5, 5.41) is 3.53. The van der Waals surface area contributed by atoms with Gasteiger partial charge >= 0.3 is 12.6 Å². The summed E-state index contributed by atoms with van der Waals surface area (Å²) >= 11 is 0. The molecule has 1 heterocycles. The van der Waals surface area contributed by atoms with E-state index in [9.17, 15) is 13.6 Å². The molecule has 19 heavy (non-hydrogen) atoms. The van der Waals surface area contributed by atoms with Gasteiger partial charge in [-0.25, -0.2) is 4.79 Å². The van der Waals surface area contributed by atoms with Gasteiger partial charge in [0.2, 0.25) is 0 Å². The van der Waals surface area contributed by atoms with Gasteiger partial charge in [0.1, 0.15) is 5.75 Å². The second-order valence-electron chi connectivity index (χ2n) is 3.47. The first kappa shape index (κ1) is 13.0. The maximum atomic E-state index is 12.0. The highest BCUT2D eigenvalue weighted by Crippen LogP contribution is 2.24. The Morgan fingerprint density at radius 2 is 2.00 bits per heavy atom. The first-order valence-corrected chi connectivity index (χ1v) is 5.20. The molecule has 7 heteroatoms. The van der Waals surface area contributed by atoms with Crippen LogP contribution in [-0.4, -0.2) is 24.8 Å². The Morgan fingerprint density at radius 3 is 2.58 bits per heavy atom. The van der Waals surface area contributed by atoms with Crippen molar-refractivity contribution in [2.75, 3.05) is 7.11 Å². The van der Waals surface area contributed by atoms with Crippen LogP contribution in [0.15, 0.2) is 34.9 Å². The van der Waals surface area contributed by atoms with Gasteiger partial charge in [-0.05, 0) is 24.3 Å². The number of methoxy groups -OCH3 is 1. The van der Waals surface area contributed by atoms with Gasteiger partial charge in [-0.1, -0.05) is 5.16 Å². The Bertz CT molecular complexity index is 565. The molecule has 1 aromatic heterocycles. The van der Waals surface area contributed by atoms with Crippen molar-refractivity contribution in [2.45, 2.75) is 6.61 Å². The van der Waals surface area contributed by atoms with Crippen LogP contribution in [0.2, 0.25) is 0 Å². The van der Waals surface area contributed by atoms with Crippen LogP contribution in [0.25, 0.3) is 11.3 Å². The standard InChI is InChI=1S/C12H9F2NO4/c1-17-11(16)9-6-10(19-15-9)7-2-4-8(5-3-7)18-12(13)14/h2-6,12H,1H3. The monoisotopic (exact) mass is 269 g/mol. The molecule has 0 atom stereocenters. The number of rotatable bonds is 4. The zero-order chi connectivity index (χ0) is 13.8. The molecule has 100 valence electrons. The molecule has 2 aromatic rings. The van der Waals surface area contributed by atoms with Gasteiger partial charge in [-0.3, -0.25) is 0 Å². The third-order valence-corrected chi connectivity index (χ3v) is 2.27. The van der Waals surface area contributed by atoms with Crippen molar-refractivity contribution in [1.29, 1.82) is 0 Å². The van der Waals surface area contributed by atoms with E-state index in [2.05, 4.69) is 14.6 Å². The summed E-state index contributed by atoms with van der Waals surface area (Å²) in [5.41, 5.74) is 0.606. The van der Waals surface area contributed by atoms with Gasteiger partial charge in [0.15, 0.2) is 11.5 Å². The van der Waals surface area contributed by atoms with E-state index < -0.39 is 12.6 Å². The maximum Gasteiger partial charge on any atom is 0.387 e. The summed E-state index contributed by atoms with van der Waals surface area (Å²) in [6, 6.07) is 7.15. The number of alkyl halides is 2. The number of aromatic nitrogens is 1. The highest BCUT2D eigenvalue weighted by atomic mass is 19.3. The van der Waals surface area contributed by atoms with E-state index in [-0.39, 0.29) is 11.4 Å². The Labute approximate surface area is 106 Å². The average molecular weight is 269 g/mol. The minimum Gasteiger partial charge on any atom is -0.464 e. The van der Waals surface area contributed by atoms with E-state index in [0.29, 0.717) is 11.3 Å². The van der Waals surface area contributed by atoms with Crippen molar-refractivity contribution in [3.8, 4) is 17.1 Å². The summed E-state index contributed by atoms with van der Waals surface area (Å²) in [4.78, 5) is 11.2. The number of hydrogen-bond acceptors (Lipinski definition) is 5. The molecule has 0 aliphatic heterocycles. The van der Waals surface area contributed by atoms with Crippen molar-refractivity contribution >= 4 is 5.97 Å². The van der Waals surface area contributed by atoms with Crippen LogP contribution >= 0.6 is 0 Å². The number of ether oxygens (including phenoxy) is 2. The maximum absolute atomic E-state index is 12.0. The molecule has 2 rings (SSSR count). The molecule has 0 bridgehead atoms. The molecular formula is C12H9F2NO4. The molecule has 0 amide bonds. The van der Waals surface area contributed by atoms with E-state index in [0.717, 1.165) is 0 Å². The molecule has 0 saturated heterocycles. The summed E-state index contributed by atoms with van der Waals surface area (Å²) in [6.45, 7) is -2.87. The zero-order valence-corrected chi connectivity index (χ0v) is 9.80. The molecule has 5 nitrogen and oxygen atoms in total. The molecule has 0 spiro atoms. The third-order valence-electron chi connectivity index (χ3n) is 2.27. The van der Waals surface area contributed by atoms with Gasteiger partial charge in [0, 0.05) is 11.6 Å². The molecule has 1 aromatic carbocycles. The lowest BCUT2D eigenvalue weighted by Crippen LogP contribution is -2.01. The molecule has 0 saturated carbocycles. The molecule has 0 radical (unpaired) electrons. The van der Waals surface area contributed by atoms with Crippen molar-refractivity contribution in [2.24, 2.45) is 0 Å². The van der Waals surface area contributed by atoms with Crippen LogP contribution in [0.3, 0.4) is 0 Å². The van der Waals surface area contributed by atoms with E-state index in [1.807, 2.05) is 0 Å². The summed E-state index contributed by atoms with van der Waals surface area (Å²) in [6.07, 6.45) is 0. The number of esters is 1. The second-order valence-corrected chi connectivity index (χ2v) is 3.47. The predicted octanol–water partition coefficient (Wildman–Crippen LogP) is 2.73. The first-order valence-electron chi connectivity index (χ1n) is 5.20. The lowest BCUT2D eigenvalue weighted by Gasteiger charge is -2.03. The topological polar surface area (TPSA) is 61.6 Å². The van der Waals surface area contributed by atoms with Crippen LogP contribution in [-0.2, 0) is 4.74 Å². The van der Waals surface area contributed by atoms with Crippen LogP contribution in [0.5, 0.6) is 5.75 Å². The molecule has 0 fully saturated rings. The summed E-state index contributed by atoms with van der Waals surface area (Å²) in [5.74, 6) is -0.261. The number of hydrogen-bond donors (Lipinski definition) is 0. The SMILES string of the molecule is COC(=O)c1cc(-c2ccc(OC(F)F)cc2)on1. The molecule has 0 aliphatic carbocycles. The van der Waals surface area contributed by atoms with Crippen molar-refractivity contribution in [1.82, 2.24) is 5.16 Å². The Kier molecular flexibility index (Phi) is 3.74. The largest absolute Gasteiger partial charge is 0.464 e. The summed E-state index contributed by atoms with van der Waals surface area (Å²) < 4.78 is 37.6. The van der Waals surface area contributed by atoms with Gasteiger partial charge in [-0.2, -0.15) is 8.78 Å². The Hall–Kier alpha value is -2.44. The first-order chi connectivity index (χ1) is 9.10. The number of benzene rings is 1. The van der Waals surface area contributed by atoms with Crippen LogP contribution < -0.4 is 4.74 Å². The smallest absolute Gasteiger partial charge is 0.387 e. The molecule has 0 aliphatic rings. The van der Waals surface area contributed by atoms with Crippen molar-refractivity contribution in [3.63, 3.8) is 0 Å². The normalized spacial score (nSPS) is 10.5. The number of halogens is 2.